The molecule has 1 aliphatic heterocycles. The van der Waals surface area contributed by atoms with Crippen LogP contribution in [0.2, 0.25) is 0 Å². The minimum atomic E-state index is -0.0316. The Hall–Kier alpha value is -2.97. The van der Waals surface area contributed by atoms with Crippen LogP contribution in [0.15, 0.2) is 54.7 Å². The van der Waals surface area contributed by atoms with Crippen LogP contribution in [0.5, 0.6) is 5.88 Å². The Labute approximate surface area is 172 Å². The highest BCUT2D eigenvalue weighted by Crippen LogP contribution is 2.40. The lowest BCUT2D eigenvalue weighted by Gasteiger charge is -2.39. The zero-order valence-electron chi connectivity index (χ0n) is 16.1. The number of hydrogen-bond acceptors (Lipinski definition) is 7. The smallest absolute Gasteiger partial charge is 0.230 e. The van der Waals surface area contributed by atoms with E-state index in [9.17, 15) is 5.11 Å². The molecule has 5 rings (SSSR count). The van der Waals surface area contributed by atoms with Gasteiger partial charge in [0.1, 0.15) is 11.6 Å². The number of benzene rings is 1. The summed E-state index contributed by atoms with van der Waals surface area (Å²) in [5, 5.41) is 15.3. The number of aromatic nitrogens is 4. The summed E-state index contributed by atoms with van der Waals surface area (Å²) in [5.41, 5.74) is 1.16. The van der Waals surface area contributed by atoms with Gasteiger partial charge < -0.3 is 10.0 Å². The number of fused-ring (bicyclic) bond motifs is 1. The van der Waals surface area contributed by atoms with E-state index in [1.54, 1.807) is 4.52 Å². The van der Waals surface area contributed by atoms with Crippen molar-refractivity contribution in [1.29, 1.82) is 0 Å². The van der Waals surface area contributed by atoms with Gasteiger partial charge in [0.05, 0.1) is 10.9 Å². The van der Waals surface area contributed by atoms with Gasteiger partial charge in [0.15, 0.2) is 0 Å². The summed E-state index contributed by atoms with van der Waals surface area (Å²) < 4.78 is 1.55. The summed E-state index contributed by atoms with van der Waals surface area (Å²) >= 11 is 1.51. The van der Waals surface area contributed by atoms with Crippen LogP contribution >= 0.6 is 11.3 Å². The zero-order valence-corrected chi connectivity index (χ0v) is 17.0. The third-order valence-electron chi connectivity index (χ3n) is 5.32. The molecule has 0 aliphatic carbocycles. The first-order valence-electron chi connectivity index (χ1n) is 9.71. The molecule has 0 bridgehead atoms. The Kier molecular flexibility index (Phi) is 4.65. The highest BCUT2D eigenvalue weighted by Gasteiger charge is 2.31. The molecule has 1 atom stereocenters. The topological polar surface area (TPSA) is 69.8 Å². The molecule has 8 heteroatoms. The van der Waals surface area contributed by atoms with Crippen LogP contribution in [0, 0.1) is 6.92 Å². The van der Waals surface area contributed by atoms with Crippen molar-refractivity contribution in [3.63, 3.8) is 0 Å². The molecule has 1 N–H and O–H groups in total. The molecule has 0 amide bonds. The lowest BCUT2D eigenvalue weighted by Crippen LogP contribution is -2.48. The first-order valence-corrected chi connectivity index (χ1v) is 10.5. The van der Waals surface area contributed by atoms with Crippen molar-refractivity contribution >= 4 is 22.1 Å². The van der Waals surface area contributed by atoms with Gasteiger partial charge in [-0.15, -0.1) is 5.10 Å². The normalized spacial score (nSPS) is 16.4. The van der Waals surface area contributed by atoms with Gasteiger partial charge in [-0.3, -0.25) is 4.90 Å². The standard InChI is InChI=1S/C21H22N6OS/c1-15-23-21-27(24-15)20(28)19(29-21)18(16-7-3-2-4-8-16)26-13-11-25(12-14-26)17-9-5-6-10-22-17/h2-10,18,28H,11-14H2,1H3. The van der Waals surface area contributed by atoms with E-state index in [1.807, 2.05) is 43.5 Å². The average molecular weight is 407 g/mol. The molecule has 1 fully saturated rings. The van der Waals surface area contributed by atoms with Gasteiger partial charge >= 0.3 is 0 Å². The second kappa shape index (κ2) is 7.46. The molecule has 7 nitrogen and oxygen atoms in total. The number of aromatic hydroxyl groups is 1. The van der Waals surface area contributed by atoms with Gasteiger partial charge in [0.2, 0.25) is 10.8 Å². The van der Waals surface area contributed by atoms with Crippen LogP contribution < -0.4 is 4.90 Å². The lowest BCUT2D eigenvalue weighted by atomic mass is 10.0. The van der Waals surface area contributed by atoms with Gasteiger partial charge in [-0.1, -0.05) is 47.7 Å². The largest absolute Gasteiger partial charge is 0.492 e. The molecule has 148 valence electrons. The molecule has 3 aromatic heterocycles. The maximum absolute atomic E-state index is 10.9. The highest BCUT2D eigenvalue weighted by molar-refractivity contribution is 7.17. The van der Waals surface area contributed by atoms with Gasteiger partial charge in [-0.2, -0.15) is 4.52 Å². The molecular formula is C21H22N6OS. The highest BCUT2D eigenvalue weighted by atomic mass is 32.1. The number of nitrogens with zero attached hydrogens (tertiary/aromatic N) is 6. The molecular weight excluding hydrogens is 384 g/mol. The van der Waals surface area contributed by atoms with Crippen molar-refractivity contribution in [3.8, 4) is 5.88 Å². The van der Waals surface area contributed by atoms with Crippen LogP contribution in [-0.4, -0.2) is 55.8 Å². The van der Waals surface area contributed by atoms with Crippen molar-refractivity contribution in [2.45, 2.75) is 13.0 Å². The van der Waals surface area contributed by atoms with E-state index in [2.05, 4.69) is 43.1 Å². The van der Waals surface area contributed by atoms with Crippen molar-refractivity contribution < 1.29 is 5.11 Å². The second-order valence-electron chi connectivity index (χ2n) is 7.17. The second-order valence-corrected chi connectivity index (χ2v) is 8.18. The molecule has 0 saturated carbocycles. The Balaban J connectivity index is 1.47. The number of aryl methyl sites for hydroxylation is 1. The van der Waals surface area contributed by atoms with Gasteiger partial charge in [-0.05, 0) is 24.6 Å². The molecule has 4 heterocycles. The number of anilines is 1. The van der Waals surface area contributed by atoms with Crippen molar-refractivity contribution in [3.05, 3.63) is 71.0 Å². The first kappa shape index (κ1) is 18.1. The van der Waals surface area contributed by atoms with E-state index in [0.29, 0.717) is 5.82 Å². The number of hydrogen-bond donors (Lipinski definition) is 1. The van der Waals surface area contributed by atoms with E-state index in [0.717, 1.165) is 47.4 Å². The van der Waals surface area contributed by atoms with Crippen LogP contribution in [0.3, 0.4) is 0 Å². The monoisotopic (exact) mass is 406 g/mol. The molecule has 4 aromatic rings. The van der Waals surface area contributed by atoms with Crippen molar-refractivity contribution in [2.24, 2.45) is 0 Å². The van der Waals surface area contributed by atoms with E-state index in [-0.39, 0.29) is 11.9 Å². The van der Waals surface area contributed by atoms with Crippen molar-refractivity contribution in [2.75, 3.05) is 31.1 Å². The fraction of sp³-hybridized carbons (Fsp3) is 0.286. The van der Waals surface area contributed by atoms with Gasteiger partial charge in [-0.25, -0.2) is 9.97 Å². The average Bonchev–Trinajstić information content (AvgIpc) is 3.27. The molecule has 0 spiro atoms. The minimum Gasteiger partial charge on any atom is -0.492 e. The predicted molar refractivity (Wildman–Crippen MR) is 114 cm³/mol. The number of pyridine rings is 1. The van der Waals surface area contributed by atoms with E-state index >= 15 is 0 Å². The maximum atomic E-state index is 10.9. The molecule has 29 heavy (non-hydrogen) atoms. The van der Waals surface area contributed by atoms with Crippen molar-refractivity contribution in [1.82, 2.24) is 24.5 Å². The molecule has 1 unspecified atom stereocenters. The Morgan fingerprint density at radius 3 is 2.45 bits per heavy atom. The number of thiazole rings is 1. The zero-order chi connectivity index (χ0) is 19.8. The van der Waals surface area contributed by atoms with E-state index in [4.69, 9.17) is 0 Å². The quantitative estimate of drug-likeness (QED) is 0.562. The Morgan fingerprint density at radius 1 is 1.00 bits per heavy atom. The molecule has 0 radical (unpaired) electrons. The van der Waals surface area contributed by atoms with Crippen LogP contribution in [0.1, 0.15) is 22.3 Å². The Bertz CT molecular complexity index is 1100. The molecule has 1 saturated heterocycles. The summed E-state index contributed by atoms with van der Waals surface area (Å²) in [6, 6.07) is 16.3. The van der Waals surface area contributed by atoms with E-state index in [1.165, 1.54) is 11.3 Å². The SMILES string of the molecule is Cc1nc2sc(C(c3ccccc3)N3CCN(c4ccccn4)CC3)c(O)n2n1. The van der Waals surface area contributed by atoms with Crippen LogP contribution in [0.4, 0.5) is 5.82 Å². The third-order valence-corrected chi connectivity index (χ3v) is 6.39. The third kappa shape index (κ3) is 3.34. The van der Waals surface area contributed by atoms with E-state index < -0.39 is 0 Å². The predicted octanol–water partition coefficient (Wildman–Crippen LogP) is 3.11. The first-order chi connectivity index (χ1) is 14.2. The minimum absolute atomic E-state index is 0.0316. The number of rotatable bonds is 4. The summed E-state index contributed by atoms with van der Waals surface area (Å²) in [7, 11) is 0. The van der Waals surface area contributed by atoms with Crippen LogP contribution in [0.25, 0.3) is 4.96 Å². The number of piperazine rings is 1. The maximum Gasteiger partial charge on any atom is 0.230 e. The summed E-state index contributed by atoms with van der Waals surface area (Å²) in [4.78, 5) is 15.3. The fourth-order valence-electron chi connectivity index (χ4n) is 3.94. The van der Waals surface area contributed by atoms with Gasteiger partial charge in [0.25, 0.3) is 0 Å². The summed E-state index contributed by atoms with van der Waals surface area (Å²) in [5.74, 6) is 1.87. The Morgan fingerprint density at radius 2 is 1.76 bits per heavy atom. The molecule has 1 aliphatic rings. The molecule has 1 aromatic carbocycles. The lowest BCUT2D eigenvalue weighted by molar-refractivity contribution is 0.210. The summed E-state index contributed by atoms with van der Waals surface area (Å²) in [6.07, 6.45) is 1.84. The van der Waals surface area contributed by atoms with Gasteiger partial charge in [0, 0.05) is 32.4 Å². The fourth-order valence-corrected chi connectivity index (χ4v) is 5.10. The summed E-state index contributed by atoms with van der Waals surface area (Å²) in [6.45, 7) is 5.37. The van der Waals surface area contributed by atoms with Crippen LogP contribution in [-0.2, 0) is 0 Å².